The highest BCUT2D eigenvalue weighted by Crippen LogP contribution is 2.46. The molecule has 7 rings (SSSR count). The molecule has 0 bridgehead atoms. The Labute approximate surface area is 407 Å². The standard InChI is InChI=1S/C47H52ClN7O12S2/c48-41-42(67-26-39(59)60)44(47(63)64)68-43(41)29-9-6-12-33(23-29)51-31-17-20-54(21-18-31)69(65,66)27-28-8-5-11-32(22-28)52-36(56)14-3-1-2-4-19-49-38(58)24-50-34-13-7-10-30-25-55(46(62)40(30)34)35-15-16-37(57)53-45(35)61/h5-13,22-23,31,35,50-51H,1-4,14-21,24-27H2,(H,49,58)(H,52,56)(H,59,60)(H,63,64)(H,53,57,61). The van der Waals surface area contributed by atoms with Gasteiger partial charge < -0.3 is 41.1 Å². The molecule has 69 heavy (non-hydrogen) atoms. The molecule has 1 unspecified atom stereocenters. The molecule has 0 spiro atoms. The second-order valence-electron chi connectivity index (χ2n) is 16.9. The molecule has 7 N–H and O–H groups in total. The van der Waals surface area contributed by atoms with E-state index in [-0.39, 0.29) is 96.5 Å². The van der Waals surface area contributed by atoms with Crippen LogP contribution in [0.5, 0.6) is 5.75 Å². The number of carboxylic acids is 2. The molecule has 3 aliphatic rings. The van der Waals surface area contributed by atoms with Crippen molar-refractivity contribution in [3.63, 3.8) is 0 Å². The molecule has 1 atom stereocenters. The van der Waals surface area contributed by atoms with Crippen LogP contribution in [0.25, 0.3) is 10.4 Å². The minimum atomic E-state index is -3.68. The Bertz CT molecular complexity index is 2740. The summed E-state index contributed by atoms with van der Waals surface area (Å²) in [4.78, 5) is 87.2. The number of carbonyl (C=O) groups is 7. The van der Waals surface area contributed by atoms with E-state index in [4.69, 9.17) is 21.4 Å². The number of unbranched alkanes of at least 4 members (excludes halogenated alkanes) is 3. The van der Waals surface area contributed by atoms with Crippen molar-refractivity contribution in [2.75, 3.05) is 48.7 Å². The average molecular weight is 1010 g/mol. The SMILES string of the molecule is O=C(O)COc1c(C(=O)O)sc(-c2cccc(NC3CCN(S(=O)(=O)Cc4cccc(NC(=O)CCCCCCNC(=O)CNc5cccc6c5C(=O)N(C5CCC(=O)NC5=O)C6)c4)CC3)c2)c1Cl. The summed E-state index contributed by atoms with van der Waals surface area (Å²) in [5, 5.41) is 33.2. The van der Waals surface area contributed by atoms with Gasteiger partial charge >= 0.3 is 11.9 Å². The molecule has 366 valence electrons. The van der Waals surface area contributed by atoms with Gasteiger partial charge in [0, 0.05) is 62.1 Å². The van der Waals surface area contributed by atoms with Crippen molar-refractivity contribution in [1.29, 1.82) is 0 Å². The van der Waals surface area contributed by atoms with E-state index in [9.17, 15) is 47.1 Å². The van der Waals surface area contributed by atoms with Gasteiger partial charge in [-0.25, -0.2) is 22.3 Å². The number of carbonyl (C=O) groups excluding carboxylic acids is 5. The van der Waals surface area contributed by atoms with Crippen molar-refractivity contribution in [2.24, 2.45) is 0 Å². The summed E-state index contributed by atoms with van der Waals surface area (Å²) >= 11 is 7.35. The van der Waals surface area contributed by atoms with Gasteiger partial charge in [0.05, 0.1) is 22.7 Å². The van der Waals surface area contributed by atoms with Gasteiger partial charge in [0.15, 0.2) is 17.2 Å². The van der Waals surface area contributed by atoms with Crippen LogP contribution >= 0.6 is 22.9 Å². The van der Waals surface area contributed by atoms with E-state index < -0.39 is 40.5 Å². The molecule has 1 aromatic heterocycles. The number of ether oxygens (including phenoxy) is 1. The Morgan fingerprint density at radius 3 is 2.38 bits per heavy atom. The number of amides is 5. The van der Waals surface area contributed by atoms with Crippen LogP contribution < -0.4 is 31.3 Å². The molecule has 2 saturated heterocycles. The number of hydrogen-bond acceptors (Lipinski definition) is 13. The summed E-state index contributed by atoms with van der Waals surface area (Å²) in [5.74, 6) is -4.63. The minimum absolute atomic E-state index is 0.00214. The van der Waals surface area contributed by atoms with Crippen LogP contribution in [-0.2, 0) is 46.3 Å². The number of imide groups is 1. The van der Waals surface area contributed by atoms with E-state index in [2.05, 4.69) is 26.6 Å². The van der Waals surface area contributed by atoms with Crippen LogP contribution in [0.3, 0.4) is 0 Å². The molecule has 5 amide bonds. The number of anilines is 3. The number of fused-ring (bicyclic) bond motifs is 1. The largest absolute Gasteiger partial charge is 0.479 e. The smallest absolute Gasteiger partial charge is 0.349 e. The van der Waals surface area contributed by atoms with Crippen LogP contribution in [0.2, 0.25) is 5.02 Å². The Hall–Kier alpha value is -6.55. The molecule has 3 aliphatic heterocycles. The number of halogens is 1. The van der Waals surface area contributed by atoms with Gasteiger partial charge in [0.25, 0.3) is 5.91 Å². The summed E-state index contributed by atoms with van der Waals surface area (Å²) in [7, 11) is -3.68. The fraction of sp³-hybridized carbons (Fsp3) is 0.383. The highest BCUT2D eigenvalue weighted by Gasteiger charge is 2.40. The van der Waals surface area contributed by atoms with Gasteiger partial charge in [0.1, 0.15) is 11.1 Å². The number of sulfonamides is 1. The van der Waals surface area contributed by atoms with Crippen LogP contribution in [0.1, 0.15) is 88.9 Å². The zero-order chi connectivity index (χ0) is 49.2. The van der Waals surface area contributed by atoms with E-state index in [1.165, 1.54) is 9.21 Å². The quantitative estimate of drug-likeness (QED) is 0.0378. The van der Waals surface area contributed by atoms with Gasteiger partial charge in [-0.3, -0.25) is 29.3 Å². The second kappa shape index (κ2) is 22.7. The molecule has 0 aliphatic carbocycles. The highest BCUT2D eigenvalue weighted by molar-refractivity contribution is 7.88. The van der Waals surface area contributed by atoms with Crippen molar-refractivity contribution in [2.45, 2.75) is 82.2 Å². The van der Waals surface area contributed by atoms with Crippen molar-refractivity contribution in [3.8, 4) is 16.2 Å². The summed E-state index contributed by atoms with van der Waals surface area (Å²) in [6.07, 6.45) is 4.61. The van der Waals surface area contributed by atoms with Crippen molar-refractivity contribution < 1.29 is 56.9 Å². The summed E-state index contributed by atoms with van der Waals surface area (Å²) in [5.41, 5.74) is 3.99. The molecule has 19 nitrogen and oxygen atoms in total. The van der Waals surface area contributed by atoms with Crippen molar-refractivity contribution in [1.82, 2.24) is 19.8 Å². The third kappa shape index (κ3) is 13.0. The van der Waals surface area contributed by atoms with Gasteiger partial charge in [0.2, 0.25) is 33.7 Å². The third-order valence-corrected chi connectivity index (χ3v) is 15.4. The number of thiophene rings is 1. The number of nitrogens with one attached hydrogen (secondary N) is 5. The first-order chi connectivity index (χ1) is 33.1. The lowest BCUT2D eigenvalue weighted by atomic mass is 10.0. The summed E-state index contributed by atoms with van der Waals surface area (Å²) < 4.78 is 33.7. The normalized spacial score (nSPS) is 16.4. The molecular weight excluding hydrogens is 954 g/mol. The molecule has 2 fully saturated rings. The lowest BCUT2D eigenvalue weighted by Gasteiger charge is -2.32. The van der Waals surface area contributed by atoms with Crippen molar-refractivity contribution in [3.05, 3.63) is 93.3 Å². The average Bonchev–Trinajstić information content (AvgIpc) is 3.83. The molecular formula is C47H52ClN7O12S2. The number of rotatable bonds is 22. The topological polar surface area (TPSA) is 270 Å². The number of piperidine rings is 2. The fourth-order valence-corrected chi connectivity index (χ4v) is 11.5. The van der Waals surface area contributed by atoms with Crippen LogP contribution in [-0.4, -0.2) is 114 Å². The summed E-state index contributed by atoms with van der Waals surface area (Å²) in [6.45, 7) is 0.447. The van der Waals surface area contributed by atoms with Crippen molar-refractivity contribution >= 4 is 91.5 Å². The predicted octanol–water partition coefficient (Wildman–Crippen LogP) is 5.51. The van der Waals surface area contributed by atoms with Crippen LogP contribution in [0, 0.1) is 0 Å². The lowest BCUT2D eigenvalue weighted by molar-refractivity contribution is -0.139. The Balaban J connectivity index is 0.782. The highest BCUT2D eigenvalue weighted by atomic mass is 35.5. The van der Waals surface area contributed by atoms with E-state index in [0.29, 0.717) is 70.9 Å². The van der Waals surface area contributed by atoms with E-state index in [1.54, 1.807) is 60.7 Å². The van der Waals surface area contributed by atoms with E-state index >= 15 is 0 Å². The molecule has 4 aromatic rings. The maximum absolute atomic E-state index is 13.5. The monoisotopic (exact) mass is 1010 g/mol. The minimum Gasteiger partial charge on any atom is -0.479 e. The molecule has 4 heterocycles. The molecule has 0 radical (unpaired) electrons. The Morgan fingerprint density at radius 2 is 1.62 bits per heavy atom. The molecule has 22 heteroatoms. The third-order valence-electron chi connectivity index (χ3n) is 11.9. The lowest BCUT2D eigenvalue weighted by Crippen LogP contribution is -2.52. The maximum Gasteiger partial charge on any atom is 0.349 e. The Kier molecular flexibility index (Phi) is 16.6. The zero-order valence-corrected chi connectivity index (χ0v) is 39.8. The van der Waals surface area contributed by atoms with E-state index in [0.717, 1.165) is 29.7 Å². The van der Waals surface area contributed by atoms with Gasteiger partial charge in [-0.15, -0.1) is 11.3 Å². The van der Waals surface area contributed by atoms with E-state index in [1.807, 2.05) is 6.07 Å². The molecule has 3 aromatic carbocycles. The van der Waals surface area contributed by atoms with Gasteiger partial charge in [-0.05, 0) is 79.1 Å². The van der Waals surface area contributed by atoms with Gasteiger partial charge in [-0.1, -0.05) is 60.8 Å². The fourth-order valence-electron chi connectivity index (χ4n) is 8.51. The first-order valence-corrected chi connectivity index (χ1v) is 25.3. The zero-order valence-electron chi connectivity index (χ0n) is 37.4. The van der Waals surface area contributed by atoms with Gasteiger partial charge in [-0.2, -0.15) is 0 Å². The maximum atomic E-state index is 13.5. The summed E-state index contributed by atoms with van der Waals surface area (Å²) in [6, 6.07) is 18.4. The first-order valence-electron chi connectivity index (χ1n) is 22.5. The predicted molar refractivity (Wildman–Crippen MR) is 258 cm³/mol. The number of benzene rings is 3. The number of aliphatic carboxylic acids is 1. The second-order valence-corrected chi connectivity index (χ2v) is 20.3. The number of aromatic carboxylic acids is 1. The molecule has 0 saturated carbocycles. The first kappa shape index (κ1) is 50.3. The van der Waals surface area contributed by atoms with Crippen LogP contribution in [0.4, 0.5) is 17.1 Å². The van der Waals surface area contributed by atoms with Crippen LogP contribution in [0.15, 0.2) is 66.7 Å². The number of nitrogens with zero attached hydrogens (tertiary/aromatic N) is 2. The Morgan fingerprint density at radius 1 is 0.884 bits per heavy atom. The number of hydrogen-bond donors (Lipinski definition) is 7. The number of carboxylic acid groups (broad SMARTS) is 2.